The molecule has 2 atom stereocenters. The van der Waals surface area contributed by atoms with Crippen molar-refractivity contribution < 1.29 is 9.84 Å². The van der Waals surface area contributed by atoms with Gasteiger partial charge in [0.1, 0.15) is 0 Å². The predicted octanol–water partition coefficient (Wildman–Crippen LogP) is 2.69. The molecule has 0 fully saturated rings. The fourth-order valence-electron chi connectivity index (χ4n) is 3.01. The lowest BCUT2D eigenvalue weighted by Gasteiger charge is -2.27. The van der Waals surface area contributed by atoms with E-state index < -0.39 is 0 Å². The van der Waals surface area contributed by atoms with Gasteiger partial charge < -0.3 is 15.2 Å². The number of nitrogens with one attached hydrogen (secondary N) is 1. The number of aliphatic hydroxyl groups is 1. The molecule has 2 unspecified atom stereocenters. The van der Waals surface area contributed by atoms with Crippen molar-refractivity contribution in [2.75, 3.05) is 19.7 Å². The lowest BCUT2D eigenvalue weighted by Crippen LogP contribution is -2.36. The van der Waals surface area contributed by atoms with E-state index in [1.165, 1.54) is 11.1 Å². The standard InChI is InChI=1S/C17H27NO2/c1-3-13(4-2)16(19)11-18-12-17-15-8-6-5-7-14(15)9-10-20-17/h5-8,13,16-19H,3-4,9-12H2,1-2H3. The van der Waals surface area contributed by atoms with Crippen molar-refractivity contribution in [2.45, 2.75) is 45.3 Å². The number of hydrogen-bond acceptors (Lipinski definition) is 3. The van der Waals surface area contributed by atoms with Gasteiger partial charge in [0.2, 0.25) is 0 Å². The molecule has 0 aromatic heterocycles. The summed E-state index contributed by atoms with van der Waals surface area (Å²) in [5.74, 6) is 0.391. The van der Waals surface area contributed by atoms with Crippen molar-refractivity contribution in [1.29, 1.82) is 0 Å². The quantitative estimate of drug-likeness (QED) is 0.805. The molecule has 0 radical (unpaired) electrons. The van der Waals surface area contributed by atoms with Gasteiger partial charge >= 0.3 is 0 Å². The van der Waals surface area contributed by atoms with Crippen LogP contribution in [0, 0.1) is 5.92 Å². The Morgan fingerprint density at radius 3 is 2.80 bits per heavy atom. The van der Waals surface area contributed by atoms with Crippen LogP contribution in [-0.4, -0.2) is 30.9 Å². The summed E-state index contributed by atoms with van der Waals surface area (Å²) in [6, 6.07) is 8.49. The zero-order valence-corrected chi connectivity index (χ0v) is 12.6. The average Bonchev–Trinajstić information content (AvgIpc) is 2.49. The maximum Gasteiger partial charge on any atom is 0.0952 e. The average molecular weight is 277 g/mol. The van der Waals surface area contributed by atoms with Crippen molar-refractivity contribution in [1.82, 2.24) is 5.32 Å². The molecule has 0 saturated carbocycles. The van der Waals surface area contributed by atoms with E-state index in [0.717, 1.165) is 32.4 Å². The van der Waals surface area contributed by atoms with Crippen molar-refractivity contribution in [3.63, 3.8) is 0 Å². The van der Waals surface area contributed by atoms with Crippen LogP contribution in [0.25, 0.3) is 0 Å². The molecule has 1 aromatic rings. The van der Waals surface area contributed by atoms with E-state index in [1.54, 1.807) is 0 Å². The van der Waals surface area contributed by atoms with Crippen LogP contribution in [0.5, 0.6) is 0 Å². The van der Waals surface area contributed by atoms with Gasteiger partial charge in [0.15, 0.2) is 0 Å². The minimum Gasteiger partial charge on any atom is -0.392 e. The van der Waals surface area contributed by atoms with E-state index in [-0.39, 0.29) is 12.2 Å². The summed E-state index contributed by atoms with van der Waals surface area (Å²) in [6.45, 7) is 6.48. The summed E-state index contributed by atoms with van der Waals surface area (Å²) in [4.78, 5) is 0. The monoisotopic (exact) mass is 277 g/mol. The number of aliphatic hydroxyl groups excluding tert-OH is 1. The van der Waals surface area contributed by atoms with E-state index >= 15 is 0 Å². The third-order valence-corrected chi connectivity index (χ3v) is 4.37. The van der Waals surface area contributed by atoms with E-state index in [9.17, 15) is 5.11 Å². The van der Waals surface area contributed by atoms with Crippen LogP contribution >= 0.6 is 0 Å². The number of ether oxygens (including phenoxy) is 1. The minimum atomic E-state index is -0.260. The highest BCUT2D eigenvalue weighted by molar-refractivity contribution is 5.31. The molecule has 1 aliphatic heterocycles. The fourth-order valence-corrected chi connectivity index (χ4v) is 3.01. The first-order valence-electron chi connectivity index (χ1n) is 7.84. The molecular weight excluding hydrogens is 250 g/mol. The number of rotatable bonds is 7. The summed E-state index contributed by atoms with van der Waals surface area (Å²) in [7, 11) is 0. The van der Waals surface area contributed by atoms with Crippen molar-refractivity contribution >= 4 is 0 Å². The Morgan fingerprint density at radius 1 is 1.30 bits per heavy atom. The molecule has 3 nitrogen and oxygen atoms in total. The summed E-state index contributed by atoms with van der Waals surface area (Å²) in [5.41, 5.74) is 2.69. The first-order chi connectivity index (χ1) is 9.76. The number of benzene rings is 1. The highest BCUT2D eigenvalue weighted by Gasteiger charge is 2.21. The Kier molecular flexibility index (Phi) is 6.02. The summed E-state index contributed by atoms with van der Waals surface area (Å²) < 4.78 is 5.86. The Labute approximate surface area is 122 Å². The van der Waals surface area contributed by atoms with Crippen molar-refractivity contribution in [3.05, 3.63) is 35.4 Å². The Hall–Kier alpha value is -0.900. The second-order valence-corrected chi connectivity index (χ2v) is 5.61. The van der Waals surface area contributed by atoms with Gasteiger partial charge in [0.25, 0.3) is 0 Å². The Balaban J connectivity index is 1.83. The van der Waals surface area contributed by atoms with E-state index in [1.807, 2.05) is 0 Å². The minimum absolute atomic E-state index is 0.119. The van der Waals surface area contributed by atoms with Gasteiger partial charge in [-0.3, -0.25) is 0 Å². The summed E-state index contributed by atoms with van der Waals surface area (Å²) in [5, 5.41) is 13.5. The van der Waals surface area contributed by atoms with Crippen molar-refractivity contribution in [2.24, 2.45) is 5.92 Å². The third-order valence-electron chi connectivity index (χ3n) is 4.37. The van der Waals surface area contributed by atoms with Crippen LogP contribution < -0.4 is 5.32 Å². The molecule has 0 aliphatic carbocycles. The second kappa shape index (κ2) is 7.77. The largest absolute Gasteiger partial charge is 0.392 e. The first-order valence-corrected chi connectivity index (χ1v) is 7.84. The molecule has 0 bridgehead atoms. The van der Waals surface area contributed by atoms with Gasteiger partial charge in [-0.2, -0.15) is 0 Å². The zero-order valence-electron chi connectivity index (χ0n) is 12.6. The molecule has 20 heavy (non-hydrogen) atoms. The van der Waals surface area contributed by atoms with Gasteiger partial charge in [0, 0.05) is 13.1 Å². The SMILES string of the molecule is CCC(CC)C(O)CNCC1OCCc2ccccc21. The Morgan fingerprint density at radius 2 is 2.05 bits per heavy atom. The summed E-state index contributed by atoms with van der Waals surface area (Å²) in [6.07, 6.45) is 2.92. The van der Waals surface area contributed by atoms with Crippen LogP contribution in [0.2, 0.25) is 0 Å². The van der Waals surface area contributed by atoms with Gasteiger partial charge in [0.05, 0.1) is 18.8 Å². The molecule has 0 amide bonds. The van der Waals surface area contributed by atoms with E-state index in [2.05, 4.69) is 43.4 Å². The molecule has 3 heteroatoms. The molecule has 1 heterocycles. The topological polar surface area (TPSA) is 41.5 Å². The molecule has 0 saturated heterocycles. The Bertz CT molecular complexity index is 404. The smallest absolute Gasteiger partial charge is 0.0952 e. The van der Waals surface area contributed by atoms with E-state index in [0.29, 0.717) is 12.5 Å². The predicted molar refractivity (Wildman–Crippen MR) is 81.8 cm³/mol. The maximum absolute atomic E-state index is 10.1. The second-order valence-electron chi connectivity index (χ2n) is 5.61. The highest BCUT2D eigenvalue weighted by Crippen LogP contribution is 2.26. The molecule has 0 spiro atoms. The van der Waals surface area contributed by atoms with Crippen molar-refractivity contribution in [3.8, 4) is 0 Å². The van der Waals surface area contributed by atoms with Gasteiger partial charge in [-0.05, 0) is 23.5 Å². The van der Waals surface area contributed by atoms with Crippen LogP contribution in [0.1, 0.15) is 43.9 Å². The third kappa shape index (κ3) is 3.81. The normalized spacial score (nSPS) is 19.9. The van der Waals surface area contributed by atoms with Crippen LogP contribution in [0.15, 0.2) is 24.3 Å². The van der Waals surface area contributed by atoms with E-state index in [4.69, 9.17) is 4.74 Å². The zero-order chi connectivity index (χ0) is 14.4. The molecule has 2 rings (SSSR count). The van der Waals surface area contributed by atoms with Gasteiger partial charge in [-0.1, -0.05) is 51.0 Å². The number of fused-ring (bicyclic) bond motifs is 1. The molecule has 1 aromatic carbocycles. The number of hydrogen-bond donors (Lipinski definition) is 2. The first kappa shape index (κ1) is 15.5. The van der Waals surface area contributed by atoms with Crippen LogP contribution in [0.4, 0.5) is 0 Å². The highest BCUT2D eigenvalue weighted by atomic mass is 16.5. The lowest BCUT2D eigenvalue weighted by atomic mass is 9.96. The van der Waals surface area contributed by atoms with Gasteiger partial charge in [-0.15, -0.1) is 0 Å². The summed E-state index contributed by atoms with van der Waals surface area (Å²) >= 11 is 0. The molecule has 1 aliphatic rings. The molecular formula is C17H27NO2. The van der Waals surface area contributed by atoms with Crippen LogP contribution in [0.3, 0.4) is 0 Å². The maximum atomic E-state index is 10.1. The fraction of sp³-hybridized carbons (Fsp3) is 0.647. The molecule has 112 valence electrons. The van der Waals surface area contributed by atoms with Crippen LogP contribution in [-0.2, 0) is 11.2 Å². The van der Waals surface area contributed by atoms with Gasteiger partial charge in [-0.25, -0.2) is 0 Å². The molecule has 2 N–H and O–H groups in total. The lowest BCUT2D eigenvalue weighted by molar-refractivity contribution is 0.0369.